The number of aliphatic carboxylic acids is 1. The molecule has 65 heavy (non-hydrogen) atoms. The molecule has 5 aliphatic carbocycles. The van der Waals surface area contributed by atoms with E-state index >= 15 is 0 Å². The molecule has 0 spiro atoms. The summed E-state index contributed by atoms with van der Waals surface area (Å²) in [6.07, 6.45) is -13.7. The minimum atomic E-state index is -1.90. The maximum absolute atomic E-state index is 14.7. The first-order valence-corrected chi connectivity index (χ1v) is 23.7. The van der Waals surface area contributed by atoms with E-state index in [1.165, 1.54) is 5.57 Å². The highest BCUT2D eigenvalue weighted by molar-refractivity contribution is 5.79. The Balaban J connectivity index is 1.03. The summed E-state index contributed by atoms with van der Waals surface area (Å²) in [6.45, 7) is 14.9. The molecule has 3 aliphatic heterocycles. The van der Waals surface area contributed by atoms with Crippen molar-refractivity contribution >= 4 is 11.9 Å². The lowest BCUT2D eigenvalue weighted by atomic mass is 9.33. The number of carbonyl (C=O) groups is 2. The largest absolute Gasteiger partial charge is 0.479 e. The van der Waals surface area contributed by atoms with Crippen molar-refractivity contribution in [1.82, 2.24) is 0 Å². The zero-order chi connectivity index (χ0) is 47.6. The molecule has 0 aromatic rings. The maximum Gasteiger partial charge on any atom is 0.335 e. The van der Waals surface area contributed by atoms with Gasteiger partial charge in [0.2, 0.25) is 6.29 Å². The highest BCUT2D eigenvalue weighted by atomic mass is 16.7. The molecule has 3 saturated heterocycles. The molecular formula is C47H74O18. The zero-order valence-electron chi connectivity index (χ0n) is 38.7. The van der Waals surface area contributed by atoms with Crippen molar-refractivity contribution in [3.05, 3.63) is 11.6 Å². The van der Waals surface area contributed by atoms with Crippen LogP contribution >= 0.6 is 0 Å². The lowest BCUT2D eigenvalue weighted by molar-refractivity contribution is -0.357. The third-order valence-electron chi connectivity index (χ3n) is 18.9. The van der Waals surface area contributed by atoms with Crippen LogP contribution in [0.25, 0.3) is 0 Å². The van der Waals surface area contributed by atoms with Crippen LogP contribution in [0.2, 0.25) is 0 Å². The predicted octanol–water partition coefficient (Wildman–Crippen LogP) is 0.872. The van der Waals surface area contributed by atoms with E-state index in [4.69, 9.17) is 28.4 Å². The van der Waals surface area contributed by atoms with Gasteiger partial charge in [-0.15, -0.1) is 0 Å². The monoisotopic (exact) mass is 926 g/mol. The molecule has 0 aromatic carbocycles. The Bertz CT molecular complexity index is 1820. The van der Waals surface area contributed by atoms with Gasteiger partial charge >= 0.3 is 11.9 Å². The minimum absolute atomic E-state index is 0.0677. The van der Waals surface area contributed by atoms with Crippen LogP contribution in [0, 0.1) is 50.2 Å². The molecule has 10 N–H and O–H groups in total. The lowest BCUT2D eigenvalue weighted by Gasteiger charge is -2.71. The van der Waals surface area contributed by atoms with Gasteiger partial charge in [-0.3, -0.25) is 4.79 Å². The summed E-state index contributed by atoms with van der Waals surface area (Å²) in [5.74, 6) is -1.80. The summed E-state index contributed by atoms with van der Waals surface area (Å²) >= 11 is 0. The van der Waals surface area contributed by atoms with Crippen molar-refractivity contribution in [1.29, 1.82) is 0 Å². The number of allylic oxidation sites excluding steroid dienone is 2. The van der Waals surface area contributed by atoms with Gasteiger partial charge in [0, 0.05) is 0 Å². The number of fused-ring (bicyclic) bond motifs is 7. The van der Waals surface area contributed by atoms with Crippen LogP contribution in [0.5, 0.6) is 0 Å². The molecule has 370 valence electrons. The molecule has 8 rings (SSSR count). The van der Waals surface area contributed by atoms with Crippen LogP contribution in [0.3, 0.4) is 0 Å². The van der Waals surface area contributed by atoms with Crippen LogP contribution in [0.1, 0.15) is 113 Å². The van der Waals surface area contributed by atoms with Crippen LogP contribution < -0.4 is 0 Å². The fourth-order valence-corrected chi connectivity index (χ4v) is 14.7. The van der Waals surface area contributed by atoms with E-state index in [9.17, 15) is 60.7 Å². The first kappa shape index (κ1) is 49.5. The minimum Gasteiger partial charge on any atom is -0.479 e. The summed E-state index contributed by atoms with van der Waals surface area (Å²) in [5, 5.41) is 105. The Morgan fingerprint density at radius 1 is 0.708 bits per heavy atom. The van der Waals surface area contributed by atoms with Gasteiger partial charge in [0.25, 0.3) is 0 Å². The number of carboxylic acids is 1. The SMILES string of the molecule is CC1(C)CCC2(C(=O)OC3OC(CO)C(O)C(O)C3O)CCC3(C)C(=CCC4C5(C)CCC(OC6OC(C(=O)O)C(O)C(OC7OCC(O)C(O)C7O)C6O)C(C)(C)C5CCC43C)C2C1. The Morgan fingerprint density at radius 2 is 1.38 bits per heavy atom. The Kier molecular flexibility index (Phi) is 13.1. The normalized spacial score (nSPS) is 52.7. The van der Waals surface area contributed by atoms with E-state index in [1.54, 1.807) is 0 Å². The highest BCUT2D eigenvalue weighted by Gasteiger charge is 2.70. The number of ether oxygens (including phenoxy) is 6. The molecule has 4 saturated carbocycles. The topological polar surface area (TPSA) is 292 Å². The van der Waals surface area contributed by atoms with E-state index in [0.29, 0.717) is 19.3 Å². The Morgan fingerprint density at radius 3 is 2.06 bits per heavy atom. The molecule has 7 fully saturated rings. The van der Waals surface area contributed by atoms with Gasteiger partial charge in [0.15, 0.2) is 18.7 Å². The van der Waals surface area contributed by atoms with E-state index in [1.807, 2.05) is 0 Å². The average molecular weight is 927 g/mol. The fraction of sp³-hybridized carbons (Fsp3) is 0.915. The number of carbonyl (C=O) groups excluding carboxylic acids is 1. The molecule has 18 heteroatoms. The van der Waals surface area contributed by atoms with Crippen LogP contribution in [0.4, 0.5) is 0 Å². The molecule has 0 bridgehead atoms. The maximum atomic E-state index is 14.7. The fourth-order valence-electron chi connectivity index (χ4n) is 14.7. The number of aliphatic hydroxyl groups is 9. The number of hydrogen-bond acceptors (Lipinski definition) is 17. The van der Waals surface area contributed by atoms with Crippen LogP contribution in [0.15, 0.2) is 11.6 Å². The molecule has 0 radical (unpaired) electrons. The number of hydrogen-bond donors (Lipinski definition) is 10. The second kappa shape index (κ2) is 17.2. The first-order chi connectivity index (χ1) is 30.3. The molecule has 18 nitrogen and oxygen atoms in total. The molecule has 0 amide bonds. The summed E-state index contributed by atoms with van der Waals surface area (Å²) in [6, 6.07) is 0. The number of esters is 1. The van der Waals surface area contributed by atoms with Crippen molar-refractivity contribution in [3.8, 4) is 0 Å². The zero-order valence-corrected chi connectivity index (χ0v) is 38.7. The summed E-state index contributed by atoms with van der Waals surface area (Å²) in [4.78, 5) is 27.0. The van der Waals surface area contributed by atoms with Crippen molar-refractivity contribution in [3.63, 3.8) is 0 Å². The van der Waals surface area contributed by atoms with Crippen molar-refractivity contribution in [2.45, 2.75) is 205 Å². The van der Waals surface area contributed by atoms with Crippen molar-refractivity contribution in [2.75, 3.05) is 13.2 Å². The summed E-state index contributed by atoms with van der Waals surface area (Å²) in [5.41, 5.74) is -0.846. The molecule has 8 aliphatic rings. The number of aliphatic hydroxyl groups excluding tert-OH is 9. The average Bonchev–Trinajstić information content (AvgIpc) is 3.24. The molecule has 0 aromatic heterocycles. The van der Waals surface area contributed by atoms with Gasteiger partial charge in [-0.05, 0) is 109 Å². The standard InChI is InChI=1S/C47H74O18/c1-42(2)14-16-47(41(59)65-39-32(54)30(52)29(51)24(19-48)61-39)17-15-45(6)21(22(47)18-42)8-9-26-44(5)12-11-27(43(3,4)25(44)10-13-46(26,45)7)62-40-34(56)35(33(55)36(64-40)37(57)58)63-38-31(53)28(50)23(49)20-60-38/h8,22-36,38-40,48-56H,9-20H2,1-7H3,(H,57,58). The van der Waals surface area contributed by atoms with Crippen LogP contribution in [-0.4, -0.2) is 168 Å². The van der Waals surface area contributed by atoms with Gasteiger partial charge in [-0.1, -0.05) is 60.1 Å². The summed E-state index contributed by atoms with van der Waals surface area (Å²) < 4.78 is 35.1. The number of carboxylic acid groups (broad SMARTS) is 1. The van der Waals surface area contributed by atoms with E-state index in [2.05, 4.69) is 54.5 Å². The number of rotatable bonds is 8. The molecular weight excluding hydrogens is 852 g/mol. The van der Waals surface area contributed by atoms with Crippen LogP contribution in [-0.2, 0) is 38.0 Å². The molecule has 22 atom stereocenters. The second-order valence-corrected chi connectivity index (χ2v) is 23.1. The first-order valence-electron chi connectivity index (χ1n) is 23.7. The van der Waals surface area contributed by atoms with Crippen molar-refractivity contribution < 1.29 is 89.1 Å². The predicted molar refractivity (Wildman–Crippen MR) is 225 cm³/mol. The second-order valence-electron chi connectivity index (χ2n) is 23.1. The third kappa shape index (κ3) is 7.76. The van der Waals surface area contributed by atoms with Gasteiger partial charge in [0.05, 0.1) is 24.7 Å². The van der Waals surface area contributed by atoms with E-state index in [0.717, 1.165) is 44.9 Å². The highest BCUT2D eigenvalue weighted by Crippen LogP contribution is 2.76. The quantitative estimate of drug-likeness (QED) is 0.0918. The van der Waals surface area contributed by atoms with Gasteiger partial charge < -0.3 is 79.5 Å². The molecule has 3 heterocycles. The molecule has 22 unspecified atom stereocenters. The Hall–Kier alpha value is -1.88. The Labute approximate surface area is 380 Å². The summed E-state index contributed by atoms with van der Waals surface area (Å²) in [7, 11) is 0. The van der Waals surface area contributed by atoms with Gasteiger partial charge in [-0.2, -0.15) is 0 Å². The smallest absolute Gasteiger partial charge is 0.335 e. The lowest BCUT2D eigenvalue weighted by Crippen LogP contribution is -2.67. The van der Waals surface area contributed by atoms with Gasteiger partial charge in [-0.25, -0.2) is 4.79 Å². The third-order valence-corrected chi connectivity index (χ3v) is 18.9. The van der Waals surface area contributed by atoms with Crippen molar-refractivity contribution in [2.24, 2.45) is 50.2 Å². The van der Waals surface area contributed by atoms with E-state index < -0.39 is 128 Å². The van der Waals surface area contributed by atoms with Gasteiger partial charge in [0.1, 0.15) is 61.0 Å². The van der Waals surface area contributed by atoms with E-state index in [-0.39, 0.29) is 39.4 Å².